The molecule has 78 valence electrons. The summed E-state index contributed by atoms with van der Waals surface area (Å²) >= 11 is 0. The summed E-state index contributed by atoms with van der Waals surface area (Å²) in [6.45, 7) is 0.647. The third kappa shape index (κ3) is 1.51. The lowest BCUT2D eigenvalue weighted by atomic mass is 9.99. The van der Waals surface area contributed by atoms with Gasteiger partial charge in [0.15, 0.2) is 5.78 Å². The minimum absolute atomic E-state index is 0.0344. The Morgan fingerprint density at radius 2 is 2.13 bits per heavy atom. The first-order valence-corrected chi connectivity index (χ1v) is 4.85. The second-order valence-corrected chi connectivity index (χ2v) is 3.80. The highest BCUT2D eigenvalue weighted by Crippen LogP contribution is 2.32. The van der Waals surface area contributed by atoms with Crippen molar-refractivity contribution in [3.05, 3.63) is 29.6 Å². The van der Waals surface area contributed by atoms with Crippen molar-refractivity contribution in [1.82, 2.24) is 0 Å². The second kappa shape index (κ2) is 3.03. The highest BCUT2D eigenvalue weighted by atomic mass is 19.1. The van der Waals surface area contributed by atoms with E-state index in [1.165, 1.54) is 18.2 Å². The average molecular weight is 208 g/mol. The van der Waals surface area contributed by atoms with Gasteiger partial charge in [-0.15, -0.1) is 0 Å². The smallest absolute Gasteiger partial charge is 0.170 e. The maximum Gasteiger partial charge on any atom is 0.170 e. The molecule has 0 radical (unpaired) electrons. The summed E-state index contributed by atoms with van der Waals surface area (Å²) in [6.07, 6.45) is 0.115. The first kappa shape index (κ1) is 8.85. The first-order chi connectivity index (χ1) is 7.24. The lowest BCUT2D eigenvalue weighted by molar-refractivity contribution is 0.0799. The molecule has 4 heteroatoms. The van der Waals surface area contributed by atoms with Crippen LogP contribution in [0.25, 0.3) is 0 Å². The number of carbonyl (C=O) groups is 1. The second-order valence-electron chi connectivity index (χ2n) is 3.80. The molecule has 1 aromatic carbocycles. The molecule has 2 atom stereocenters. The van der Waals surface area contributed by atoms with E-state index in [0.717, 1.165) is 0 Å². The maximum atomic E-state index is 12.9. The molecule has 3 rings (SSSR count). The van der Waals surface area contributed by atoms with Crippen LogP contribution in [0.2, 0.25) is 0 Å². The van der Waals surface area contributed by atoms with Gasteiger partial charge in [-0.1, -0.05) is 0 Å². The van der Waals surface area contributed by atoms with E-state index in [1.54, 1.807) is 0 Å². The van der Waals surface area contributed by atoms with Crippen LogP contribution in [0, 0.1) is 5.82 Å². The summed E-state index contributed by atoms with van der Waals surface area (Å²) in [5.41, 5.74) is 0.340. The Morgan fingerprint density at radius 3 is 2.87 bits per heavy atom. The van der Waals surface area contributed by atoms with Crippen LogP contribution in [-0.4, -0.2) is 24.6 Å². The van der Waals surface area contributed by atoms with Gasteiger partial charge in [0.1, 0.15) is 23.8 Å². The molecule has 0 aromatic heterocycles. The fraction of sp³-hybridized carbons (Fsp3) is 0.364. The Bertz CT molecular complexity index is 426. The SMILES string of the molecule is O=C1C[C@H]([C@H]2CO2)Oc2ccc(F)cc21. The van der Waals surface area contributed by atoms with E-state index < -0.39 is 5.82 Å². The largest absolute Gasteiger partial charge is 0.486 e. The Labute approximate surface area is 85.8 Å². The lowest BCUT2D eigenvalue weighted by Gasteiger charge is -2.23. The zero-order chi connectivity index (χ0) is 10.4. The molecule has 0 N–H and O–H groups in total. The van der Waals surface area contributed by atoms with Crippen LogP contribution in [0.1, 0.15) is 16.8 Å². The molecule has 1 aromatic rings. The molecule has 0 aliphatic carbocycles. The Kier molecular flexibility index (Phi) is 1.79. The van der Waals surface area contributed by atoms with Crippen molar-refractivity contribution in [2.24, 2.45) is 0 Å². The predicted molar refractivity (Wildman–Crippen MR) is 49.5 cm³/mol. The number of halogens is 1. The summed E-state index contributed by atoms with van der Waals surface area (Å²) < 4.78 is 23.6. The summed E-state index contributed by atoms with van der Waals surface area (Å²) in [5.74, 6) is -0.0174. The Morgan fingerprint density at radius 1 is 1.33 bits per heavy atom. The van der Waals surface area contributed by atoms with Crippen LogP contribution in [0.4, 0.5) is 4.39 Å². The molecule has 2 aliphatic rings. The fourth-order valence-electron chi connectivity index (χ4n) is 1.80. The summed E-state index contributed by atoms with van der Waals surface area (Å²) in [7, 11) is 0. The van der Waals surface area contributed by atoms with E-state index in [2.05, 4.69) is 0 Å². The van der Waals surface area contributed by atoms with Gasteiger partial charge >= 0.3 is 0 Å². The minimum atomic E-state index is -0.410. The fourth-order valence-corrected chi connectivity index (χ4v) is 1.80. The van der Waals surface area contributed by atoms with E-state index >= 15 is 0 Å². The number of carbonyl (C=O) groups excluding carboxylic acids is 1. The van der Waals surface area contributed by atoms with Gasteiger partial charge in [0.05, 0.1) is 18.6 Å². The van der Waals surface area contributed by atoms with E-state index in [0.29, 0.717) is 17.9 Å². The Hall–Kier alpha value is -1.42. The number of epoxide rings is 1. The van der Waals surface area contributed by atoms with Crippen molar-refractivity contribution in [2.75, 3.05) is 6.61 Å². The van der Waals surface area contributed by atoms with Gasteiger partial charge < -0.3 is 9.47 Å². The van der Waals surface area contributed by atoms with E-state index in [-0.39, 0.29) is 24.4 Å². The third-order valence-electron chi connectivity index (χ3n) is 2.68. The number of hydrogen-bond donors (Lipinski definition) is 0. The molecule has 0 saturated carbocycles. The zero-order valence-electron chi connectivity index (χ0n) is 7.90. The molecule has 15 heavy (non-hydrogen) atoms. The molecule has 1 saturated heterocycles. The van der Waals surface area contributed by atoms with Gasteiger partial charge in [-0.2, -0.15) is 0 Å². The van der Waals surface area contributed by atoms with Crippen LogP contribution in [0.3, 0.4) is 0 Å². The van der Waals surface area contributed by atoms with Gasteiger partial charge in [0.2, 0.25) is 0 Å². The number of fused-ring (bicyclic) bond motifs is 1. The van der Waals surface area contributed by atoms with Crippen molar-refractivity contribution in [2.45, 2.75) is 18.6 Å². The van der Waals surface area contributed by atoms with E-state index in [9.17, 15) is 9.18 Å². The number of ether oxygens (including phenoxy) is 2. The molecular formula is C11H9FO3. The van der Waals surface area contributed by atoms with Crippen LogP contribution in [0.15, 0.2) is 18.2 Å². The molecule has 0 amide bonds. The first-order valence-electron chi connectivity index (χ1n) is 4.85. The van der Waals surface area contributed by atoms with Gasteiger partial charge in [-0.3, -0.25) is 4.79 Å². The Balaban J connectivity index is 1.96. The van der Waals surface area contributed by atoms with Gasteiger partial charge in [-0.05, 0) is 18.2 Å². The average Bonchev–Trinajstić information content (AvgIpc) is 3.02. The number of hydrogen-bond acceptors (Lipinski definition) is 3. The van der Waals surface area contributed by atoms with Gasteiger partial charge in [0.25, 0.3) is 0 Å². The molecule has 2 aliphatic heterocycles. The number of rotatable bonds is 1. The van der Waals surface area contributed by atoms with E-state index in [4.69, 9.17) is 9.47 Å². The third-order valence-corrected chi connectivity index (χ3v) is 2.68. The standard InChI is InChI=1S/C11H9FO3/c12-6-1-2-9-7(3-6)8(13)4-10(15-9)11-5-14-11/h1-3,10-11H,4-5H2/t10-,11-/m1/s1. The normalized spacial score (nSPS) is 28.2. The molecule has 2 heterocycles. The number of Topliss-reactive ketones (excluding diaryl/α,β-unsaturated/α-hetero) is 1. The van der Waals surface area contributed by atoms with Crippen molar-refractivity contribution >= 4 is 5.78 Å². The predicted octanol–water partition coefficient (Wildman–Crippen LogP) is 1.56. The zero-order valence-corrected chi connectivity index (χ0v) is 7.90. The molecule has 0 bridgehead atoms. The van der Waals surface area contributed by atoms with Crippen LogP contribution < -0.4 is 4.74 Å². The van der Waals surface area contributed by atoms with Crippen molar-refractivity contribution in [3.63, 3.8) is 0 Å². The van der Waals surface area contributed by atoms with Crippen LogP contribution >= 0.6 is 0 Å². The van der Waals surface area contributed by atoms with Crippen LogP contribution in [0.5, 0.6) is 5.75 Å². The monoisotopic (exact) mass is 208 g/mol. The van der Waals surface area contributed by atoms with Crippen molar-refractivity contribution < 1.29 is 18.7 Å². The molecule has 0 spiro atoms. The van der Waals surface area contributed by atoms with E-state index in [1.807, 2.05) is 0 Å². The number of ketones is 1. The van der Waals surface area contributed by atoms with Gasteiger partial charge in [-0.25, -0.2) is 4.39 Å². The van der Waals surface area contributed by atoms with Crippen LogP contribution in [-0.2, 0) is 4.74 Å². The summed E-state index contributed by atoms with van der Waals surface area (Å²) in [5, 5.41) is 0. The molecular weight excluding hydrogens is 199 g/mol. The number of benzene rings is 1. The van der Waals surface area contributed by atoms with Crippen molar-refractivity contribution in [1.29, 1.82) is 0 Å². The lowest BCUT2D eigenvalue weighted by Crippen LogP contribution is -2.31. The topological polar surface area (TPSA) is 38.8 Å². The maximum absolute atomic E-state index is 12.9. The summed E-state index contributed by atoms with van der Waals surface area (Å²) in [6, 6.07) is 4.01. The highest BCUT2D eigenvalue weighted by Gasteiger charge is 2.39. The molecule has 1 fully saturated rings. The quantitative estimate of drug-likeness (QED) is 0.657. The highest BCUT2D eigenvalue weighted by molar-refractivity contribution is 6.00. The minimum Gasteiger partial charge on any atom is -0.486 e. The van der Waals surface area contributed by atoms with Crippen molar-refractivity contribution in [3.8, 4) is 5.75 Å². The molecule has 3 nitrogen and oxygen atoms in total. The summed E-state index contributed by atoms with van der Waals surface area (Å²) in [4.78, 5) is 11.7. The van der Waals surface area contributed by atoms with Gasteiger partial charge in [0, 0.05) is 0 Å². The molecule has 0 unspecified atom stereocenters.